The van der Waals surface area contributed by atoms with Crippen LogP contribution in [0.15, 0.2) is 39.9 Å². The molecule has 76 valence electrons. The molecule has 1 heterocycles. The van der Waals surface area contributed by atoms with Crippen molar-refractivity contribution in [2.24, 2.45) is 10.9 Å². The van der Waals surface area contributed by atoms with Crippen LogP contribution in [0.5, 0.6) is 0 Å². The Morgan fingerprint density at radius 1 is 1.40 bits per heavy atom. The zero-order valence-corrected chi connectivity index (χ0v) is 7.68. The smallest absolute Gasteiger partial charge is 0.268 e. The maximum atomic E-state index is 11.0. The standard InChI is InChI=1S/C10H8N2O3/c11-9(13)7-5-6-3-1-2-4-8(6)15-10(7)12-14/h1-5,14H,(H2,11,13). The largest absolute Gasteiger partial charge is 0.435 e. The van der Waals surface area contributed by atoms with Crippen LogP contribution in [-0.4, -0.2) is 11.1 Å². The third-order valence-electron chi connectivity index (χ3n) is 2.01. The first-order valence-corrected chi connectivity index (χ1v) is 4.23. The molecule has 0 radical (unpaired) electrons. The van der Waals surface area contributed by atoms with Gasteiger partial charge in [-0.3, -0.25) is 4.79 Å². The molecule has 0 saturated carbocycles. The van der Waals surface area contributed by atoms with Crippen LogP contribution in [0.25, 0.3) is 11.0 Å². The van der Waals surface area contributed by atoms with E-state index in [-0.39, 0.29) is 11.1 Å². The molecule has 2 rings (SSSR count). The Morgan fingerprint density at radius 2 is 2.13 bits per heavy atom. The highest BCUT2D eigenvalue weighted by atomic mass is 16.5. The van der Waals surface area contributed by atoms with Crippen molar-refractivity contribution in [3.63, 3.8) is 0 Å². The maximum Gasteiger partial charge on any atom is 0.268 e. The number of primary amides is 1. The number of carbonyl (C=O) groups is 1. The average molecular weight is 204 g/mol. The van der Waals surface area contributed by atoms with Crippen LogP contribution >= 0.6 is 0 Å². The first-order valence-electron chi connectivity index (χ1n) is 4.23. The summed E-state index contributed by atoms with van der Waals surface area (Å²) in [5, 5.41) is 12.2. The molecule has 0 aliphatic carbocycles. The molecule has 15 heavy (non-hydrogen) atoms. The molecule has 0 unspecified atom stereocenters. The summed E-state index contributed by atoms with van der Waals surface area (Å²) < 4.78 is 5.19. The van der Waals surface area contributed by atoms with E-state index >= 15 is 0 Å². The fraction of sp³-hybridized carbons (Fsp3) is 0. The van der Waals surface area contributed by atoms with E-state index in [1.807, 2.05) is 0 Å². The van der Waals surface area contributed by atoms with E-state index in [1.165, 1.54) is 6.07 Å². The van der Waals surface area contributed by atoms with Gasteiger partial charge in [0.25, 0.3) is 11.5 Å². The Kier molecular flexibility index (Phi) is 2.13. The fourth-order valence-corrected chi connectivity index (χ4v) is 1.32. The van der Waals surface area contributed by atoms with Gasteiger partial charge in [0, 0.05) is 5.39 Å². The summed E-state index contributed by atoms with van der Waals surface area (Å²) in [6.07, 6.45) is 0. The van der Waals surface area contributed by atoms with Gasteiger partial charge in [-0.25, -0.2) is 0 Å². The Hall–Kier alpha value is -2.30. The Balaban J connectivity index is 2.87. The molecule has 5 heteroatoms. The molecule has 0 aliphatic rings. The van der Waals surface area contributed by atoms with Crippen LogP contribution in [0.4, 0.5) is 0 Å². The second-order valence-corrected chi connectivity index (χ2v) is 2.97. The minimum atomic E-state index is -0.697. The van der Waals surface area contributed by atoms with Crippen molar-refractivity contribution >= 4 is 16.9 Å². The molecule has 0 saturated heterocycles. The summed E-state index contributed by atoms with van der Waals surface area (Å²) in [6, 6.07) is 8.58. The molecule has 0 atom stereocenters. The molecular weight excluding hydrogens is 196 g/mol. The monoisotopic (exact) mass is 204 g/mol. The van der Waals surface area contributed by atoms with Gasteiger partial charge in [-0.2, -0.15) is 0 Å². The van der Waals surface area contributed by atoms with Crippen molar-refractivity contribution in [3.8, 4) is 0 Å². The lowest BCUT2D eigenvalue weighted by atomic mass is 10.2. The SMILES string of the molecule is NC(=O)c1cc2ccccc2oc1=NO. The van der Waals surface area contributed by atoms with Crippen molar-refractivity contribution in [3.05, 3.63) is 41.4 Å². The third-order valence-corrected chi connectivity index (χ3v) is 2.01. The average Bonchev–Trinajstić information content (AvgIpc) is 2.27. The Bertz CT molecular complexity index is 586. The van der Waals surface area contributed by atoms with Crippen LogP contribution in [0.1, 0.15) is 10.4 Å². The quantitative estimate of drug-likeness (QED) is 0.532. The van der Waals surface area contributed by atoms with Crippen LogP contribution < -0.4 is 11.3 Å². The molecule has 0 fully saturated rings. The molecular formula is C10H8N2O3. The number of rotatable bonds is 1. The summed E-state index contributed by atoms with van der Waals surface area (Å²) in [7, 11) is 0. The molecule has 2 aromatic rings. The second-order valence-electron chi connectivity index (χ2n) is 2.97. The van der Waals surface area contributed by atoms with Crippen LogP contribution in [-0.2, 0) is 0 Å². The molecule has 1 aromatic carbocycles. The van der Waals surface area contributed by atoms with Gasteiger partial charge in [0.1, 0.15) is 11.1 Å². The number of amides is 1. The summed E-state index contributed by atoms with van der Waals surface area (Å²) >= 11 is 0. The zero-order chi connectivity index (χ0) is 10.8. The van der Waals surface area contributed by atoms with E-state index in [9.17, 15) is 4.79 Å². The number of hydrogen-bond donors (Lipinski definition) is 2. The summed E-state index contributed by atoms with van der Waals surface area (Å²) in [4.78, 5) is 11.0. The van der Waals surface area contributed by atoms with Crippen molar-refractivity contribution in [2.75, 3.05) is 0 Å². The van der Waals surface area contributed by atoms with E-state index in [0.29, 0.717) is 5.58 Å². The van der Waals surface area contributed by atoms with Gasteiger partial charge in [-0.15, -0.1) is 0 Å². The van der Waals surface area contributed by atoms with Crippen LogP contribution in [0.2, 0.25) is 0 Å². The first-order chi connectivity index (χ1) is 7.22. The minimum Gasteiger partial charge on any atom is -0.435 e. The van der Waals surface area contributed by atoms with E-state index in [4.69, 9.17) is 15.4 Å². The van der Waals surface area contributed by atoms with E-state index in [1.54, 1.807) is 24.3 Å². The maximum absolute atomic E-state index is 11.0. The van der Waals surface area contributed by atoms with Crippen LogP contribution in [0, 0.1) is 0 Å². The summed E-state index contributed by atoms with van der Waals surface area (Å²) in [5.74, 6) is -0.697. The van der Waals surface area contributed by atoms with Crippen molar-refractivity contribution in [1.82, 2.24) is 0 Å². The lowest BCUT2D eigenvalue weighted by Crippen LogP contribution is -2.21. The number of benzene rings is 1. The Labute approximate surface area is 84.4 Å². The van der Waals surface area contributed by atoms with Gasteiger partial charge in [0.15, 0.2) is 0 Å². The summed E-state index contributed by atoms with van der Waals surface area (Å²) in [6.45, 7) is 0. The van der Waals surface area contributed by atoms with Gasteiger partial charge in [-0.1, -0.05) is 18.2 Å². The molecule has 0 aliphatic heterocycles. The highest BCUT2D eigenvalue weighted by Gasteiger charge is 2.08. The van der Waals surface area contributed by atoms with Gasteiger partial charge < -0.3 is 15.4 Å². The van der Waals surface area contributed by atoms with E-state index < -0.39 is 5.91 Å². The lowest BCUT2D eigenvalue weighted by molar-refractivity contribution is 0.0994. The molecule has 0 bridgehead atoms. The Morgan fingerprint density at radius 3 is 2.80 bits per heavy atom. The molecule has 1 amide bonds. The van der Waals surface area contributed by atoms with Gasteiger partial charge in [0.05, 0.1) is 0 Å². The third kappa shape index (κ3) is 1.54. The van der Waals surface area contributed by atoms with Gasteiger partial charge >= 0.3 is 0 Å². The van der Waals surface area contributed by atoms with Gasteiger partial charge in [-0.05, 0) is 17.3 Å². The number of fused-ring (bicyclic) bond motifs is 1. The second kappa shape index (κ2) is 3.45. The number of nitrogens with zero attached hydrogens (tertiary/aromatic N) is 1. The normalized spacial score (nSPS) is 11.9. The highest BCUT2D eigenvalue weighted by molar-refractivity contribution is 5.95. The minimum absolute atomic E-state index is 0.0520. The first kappa shape index (κ1) is 9.26. The molecule has 5 nitrogen and oxygen atoms in total. The highest BCUT2D eigenvalue weighted by Crippen LogP contribution is 2.12. The molecule has 1 aromatic heterocycles. The van der Waals surface area contributed by atoms with Crippen molar-refractivity contribution < 1.29 is 14.4 Å². The lowest BCUT2D eigenvalue weighted by Gasteiger charge is -1.99. The number of para-hydroxylation sites is 1. The number of nitrogens with two attached hydrogens (primary N) is 1. The molecule has 3 N–H and O–H groups in total. The number of carbonyl (C=O) groups excluding carboxylic acids is 1. The fourth-order valence-electron chi connectivity index (χ4n) is 1.32. The van der Waals surface area contributed by atoms with Crippen molar-refractivity contribution in [2.45, 2.75) is 0 Å². The predicted molar refractivity (Wildman–Crippen MR) is 52.1 cm³/mol. The van der Waals surface area contributed by atoms with E-state index in [0.717, 1.165) is 5.39 Å². The topological polar surface area (TPSA) is 88.8 Å². The predicted octanol–water partition coefficient (Wildman–Crippen LogP) is 0.822. The van der Waals surface area contributed by atoms with E-state index in [2.05, 4.69) is 5.16 Å². The summed E-state index contributed by atoms with van der Waals surface area (Å²) in [5.41, 5.74) is 5.51. The number of hydrogen-bond acceptors (Lipinski definition) is 4. The van der Waals surface area contributed by atoms with Crippen molar-refractivity contribution in [1.29, 1.82) is 0 Å². The van der Waals surface area contributed by atoms with Gasteiger partial charge in [0.2, 0.25) is 0 Å². The van der Waals surface area contributed by atoms with Crippen LogP contribution in [0.3, 0.4) is 0 Å². The molecule has 0 spiro atoms. The zero-order valence-electron chi connectivity index (χ0n) is 7.68.